The molecule has 3 N–H and O–H groups in total. The third-order valence-electron chi connectivity index (χ3n) is 3.65. The van der Waals surface area contributed by atoms with Crippen LogP contribution in [0.25, 0.3) is 11.4 Å². The van der Waals surface area contributed by atoms with E-state index in [4.69, 9.17) is 5.84 Å². The Balaban J connectivity index is 1.92. The molecule has 0 spiro atoms. The average Bonchev–Trinajstić information content (AvgIpc) is 3.32. The first-order valence-corrected chi connectivity index (χ1v) is 7.25. The van der Waals surface area contributed by atoms with Gasteiger partial charge in [0.15, 0.2) is 5.82 Å². The fraction of sp³-hybridized carbons (Fsp3) is 0.375. The van der Waals surface area contributed by atoms with E-state index < -0.39 is 0 Å². The van der Waals surface area contributed by atoms with E-state index in [9.17, 15) is 0 Å². The van der Waals surface area contributed by atoms with Crippen LogP contribution in [0.4, 0.5) is 5.82 Å². The minimum absolute atomic E-state index is 0.671. The molecule has 0 radical (unpaired) electrons. The van der Waals surface area contributed by atoms with Crippen molar-refractivity contribution in [3.8, 4) is 11.4 Å². The topological polar surface area (TPSA) is 63.8 Å². The number of rotatable bonds is 5. The molecular formula is C16H20N4. The highest BCUT2D eigenvalue weighted by molar-refractivity contribution is 5.58. The first kappa shape index (κ1) is 13.1. The molecular weight excluding hydrogens is 248 g/mol. The maximum atomic E-state index is 5.49. The highest BCUT2D eigenvalue weighted by Gasteiger charge is 2.23. The van der Waals surface area contributed by atoms with Gasteiger partial charge in [-0.05, 0) is 30.7 Å². The molecule has 1 aliphatic carbocycles. The zero-order valence-corrected chi connectivity index (χ0v) is 11.8. The van der Waals surface area contributed by atoms with Gasteiger partial charge in [-0.3, -0.25) is 0 Å². The third kappa shape index (κ3) is 2.80. The molecule has 0 atom stereocenters. The molecule has 0 aliphatic heterocycles. The van der Waals surface area contributed by atoms with Crippen LogP contribution in [0.1, 0.15) is 43.4 Å². The molecule has 104 valence electrons. The molecule has 1 aromatic carbocycles. The zero-order chi connectivity index (χ0) is 13.9. The van der Waals surface area contributed by atoms with Crippen molar-refractivity contribution in [3.05, 3.63) is 41.6 Å². The van der Waals surface area contributed by atoms with Crippen molar-refractivity contribution < 1.29 is 0 Å². The summed E-state index contributed by atoms with van der Waals surface area (Å²) in [6.07, 6.45) is 4.64. The molecule has 1 heterocycles. The van der Waals surface area contributed by atoms with E-state index in [1.807, 2.05) is 6.07 Å². The SMILES string of the molecule is CCCc1cc(NN)nc(-c2ccc(C3CC3)cc2)n1. The van der Waals surface area contributed by atoms with E-state index in [1.165, 1.54) is 18.4 Å². The van der Waals surface area contributed by atoms with Gasteiger partial charge in [0.05, 0.1) is 0 Å². The zero-order valence-electron chi connectivity index (χ0n) is 11.8. The Morgan fingerprint density at radius 1 is 1.20 bits per heavy atom. The van der Waals surface area contributed by atoms with Crippen molar-refractivity contribution in [2.45, 2.75) is 38.5 Å². The number of hydrogen-bond acceptors (Lipinski definition) is 4. The van der Waals surface area contributed by atoms with Crippen LogP contribution in [0.15, 0.2) is 30.3 Å². The third-order valence-corrected chi connectivity index (χ3v) is 3.65. The maximum Gasteiger partial charge on any atom is 0.161 e. The number of anilines is 1. The average molecular weight is 268 g/mol. The molecule has 1 saturated carbocycles. The van der Waals surface area contributed by atoms with Crippen LogP contribution in [0.3, 0.4) is 0 Å². The normalized spacial score (nSPS) is 14.3. The highest BCUT2D eigenvalue weighted by Crippen LogP contribution is 2.40. The Morgan fingerprint density at radius 3 is 2.55 bits per heavy atom. The lowest BCUT2D eigenvalue weighted by molar-refractivity contribution is 0.875. The summed E-state index contributed by atoms with van der Waals surface area (Å²) in [6.45, 7) is 2.14. The van der Waals surface area contributed by atoms with Gasteiger partial charge in [0, 0.05) is 17.3 Å². The van der Waals surface area contributed by atoms with Gasteiger partial charge in [0.25, 0.3) is 0 Å². The number of hydrazine groups is 1. The molecule has 20 heavy (non-hydrogen) atoms. The number of nitrogens with zero attached hydrogens (tertiary/aromatic N) is 2. The Hall–Kier alpha value is -1.94. The van der Waals surface area contributed by atoms with Gasteiger partial charge >= 0.3 is 0 Å². The van der Waals surface area contributed by atoms with Crippen molar-refractivity contribution in [1.29, 1.82) is 0 Å². The van der Waals surface area contributed by atoms with E-state index in [0.717, 1.165) is 35.8 Å². The second-order valence-electron chi connectivity index (χ2n) is 5.36. The van der Waals surface area contributed by atoms with E-state index in [1.54, 1.807) is 0 Å². The van der Waals surface area contributed by atoms with Gasteiger partial charge in [-0.15, -0.1) is 0 Å². The number of nitrogens with two attached hydrogens (primary N) is 1. The van der Waals surface area contributed by atoms with Crippen molar-refractivity contribution in [1.82, 2.24) is 9.97 Å². The highest BCUT2D eigenvalue weighted by atomic mass is 15.3. The maximum absolute atomic E-state index is 5.49. The molecule has 4 nitrogen and oxygen atoms in total. The van der Waals surface area contributed by atoms with Crippen LogP contribution in [-0.2, 0) is 6.42 Å². The van der Waals surface area contributed by atoms with E-state index in [2.05, 4.69) is 46.6 Å². The smallest absolute Gasteiger partial charge is 0.161 e. The van der Waals surface area contributed by atoms with E-state index in [-0.39, 0.29) is 0 Å². The van der Waals surface area contributed by atoms with Gasteiger partial charge < -0.3 is 5.43 Å². The number of hydrogen-bond donors (Lipinski definition) is 2. The number of aromatic nitrogens is 2. The summed E-state index contributed by atoms with van der Waals surface area (Å²) in [7, 11) is 0. The summed E-state index contributed by atoms with van der Waals surface area (Å²) in [5, 5.41) is 0. The minimum Gasteiger partial charge on any atom is -0.308 e. The Bertz CT molecular complexity index is 588. The van der Waals surface area contributed by atoms with Gasteiger partial charge in [-0.2, -0.15) is 0 Å². The molecule has 0 unspecified atom stereocenters. The second kappa shape index (κ2) is 5.59. The van der Waals surface area contributed by atoms with Gasteiger partial charge in [-0.25, -0.2) is 15.8 Å². The summed E-state index contributed by atoms with van der Waals surface area (Å²) < 4.78 is 0. The number of nitrogen functional groups attached to an aromatic ring is 1. The summed E-state index contributed by atoms with van der Waals surface area (Å²) >= 11 is 0. The Morgan fingerprint density at radius 2 is 1.95 bits per heavy atom. The molecule has 3 rings (SSSR count). The Labute approximate surface area is 119 Å². The van der Waals surface area contributed by atoms with Gasteiger partial charge in [-0.1, -0.05) is 37.6 Å². The fourth-order valence-electron chi connectivity index (χ4n) is 2.41. The van der Waals surface area contributed by atoms with Crippen molar-refractivity contribution in [3.63, 3.8) is 0 Å². The molecule has 0 saturated heterocycles. The Kier molecular flexibility index (Phi) is 3.65. The predicted molar refractivity (Wildman–Crippen MR) is 81.2 cm³/mol. The molecule has 0 amide bonds. The molecule has 1 aliphatic rings. The minimum atomic E-state index is 0.671. The summed E-state index contributed by atoms with van der Waals surface area (Å²) in [5.74, 6) is 7.68. The molecule has 1 aromatic heterocycles. The largest absolute Gasteiger partial charge is 0.308 e. The van der Waals surface area contributed by atoms with Crippen LogP contribution in [0.5, 0.6) is 0 Å². The van der Waals surface area contributed by atoms with Crippen LogP contribution in [0.2, 0.25) is 0 Å². The lowest BCUT2D eigenvalue weighted by Crippen LogP contribution is -2.10. The summed E-state index contributed by atoms with van der Waals surface area (Å²) in [6, 6.07) is 10.5. The molecule has 0 bridgehead atoms. The van der Waals surface area contributed by atoms with Crippen LogP contribution in [-0.4, -0.2) is 9.97 Å². The van der Waals surface area contributed by atoms with Crippen molar-refractivity contribution in [2.24, 2.45) is 5.84 Å². The first-order chi connectivity index (χ1) is 9.80. The van der Waals surface area contributed by atoms with Crippen LogP contribution < -0.4 is 11.3 Å². The molecule has 1 fully saturated rings. The predicted octanol–water partition coefficient (Wildman–Crippen LogP) is 3.26. The first-order valence-electron chi connectivity index (χ1n) is 7.25. The molecule has 4 heteroatoms. The van der Waals surface area contributed by atoms with E-state index in [0.29, 0.717) is 5.82 Å². The van der Waals surface area contributed by atoms with Crippen LogP contribution in [0, 0.1) is 0 Å². The van der Waals surface area contributed by atoms with Gasteiger partial charge in [0.2, 0.25) is 0 Å². The van der Waals surface area contributed by atoms with Gasteiger partial charge in [0.1, 0.15) is 5.82 Å². The number of nitrogens with one attached hydrogen (secondary N) is 1. The number of benzene rings is 1. The monoisotopic (exact) mass is 268 g/mol. The quantitative estimate of drug-likeness (QED) is 0.645. The van der Waals surface area contributed by atoms with E-state index >= 15 is 0 Å². The van der Waals surface area contributed by atoms with Crippen LogP contribution >= 0.6 is 0 Å². The van der Waals surface area contributed by atoms with Crippen molar-refractivity contribution in [2.75, 3.05) is 5.43 Å². The summed E-state index contributed by atoms with van der Waals surface area (Å²) in [5.41, 5.74) is 6.12. The lowest BCUT2D eigenvalue weighted by atomic mass is 10.1. The standard InChI is InChI=1S/C16H20N4/c1-2-3-14-10-15(20-17)19-16(18-14)13-8-6-12(7-9-13)11-4-5-11/h6-11H,2-5,17H2,1H3,(H,18,19,20). The number of aryl methyl sites for hydroxylation is 1. The summed E-state index contributed by atoms with van der Waals surface area (Å²) in [4.78, 5) is 9.07. The van der Waals surface area contributed by atoms with Crippen molar-refractivity contribution >= 4 is 5.82 Å². The molecule has 2 aromatic rings. The second-order valence-corrected chi connectivity index (χ2v) is 5.36. The lowest BCUT2D eigenvalue weighted by Gasteiger charge is -2.08. The fourth-order valence-corrected chi connectivity index (χ4v) is 2.41.